The van der Waals surface area contributed by atoms with Gasteiger partial charge in [-0.2, -0.15) is 0 Å². The van der Waals surface area contributed by atoms with E-state index in [9.17, 15) is 14.9 Å². The Hall–Kier alpha value is -2.15. The van der Waals surface area contributed by atoms with Crippen LogP contribution in [0.25, 0.3) is 0 Å². The highest BCUT2D eigenvalue weighted by molar-refractivity contribution is 6.00. The van der Waals surface area contributed by atoms with Crippen LogP contribution < -0.4 is 10.2 Å². The Morgan fingerprint density at radius 3 is 2.69 bits per heavy atom. The van der Waals surface area contributed by atoms with E-state index in [2.05, 4.69) is 24.1 Å². The van der Waals surface area contributed by atoms with E-state index >= 15 is 0 Å². The summed E-state index contributed by atoms with van der Waals surface area (Å²) in [6, 6.07) is 4.51. The van der Waals surface area contributed by atoms with Crippen molar-refractivity contribution < 1.29 is 14.5 Å². The molecule has 1 amide bonds. The molecule has 0 spiro atoms. The van der Waals surface area contributed by atoms with E-state index in [0.717, 1.165) is 31.4 Å². The number of non-ortho nitro benzene ring substituents is 1. The van der Waals surface area contributed by atoms with Crippen molar-refractivity contribution in [1.82, 2.24) is 5.32 Å². The topological polar surface area (TPSA) is 84.7 Å². The smallest absolute Gasteiger partial charge is 0.270 e. The summed E-state index contributed by atoms with van der Waals surface area (Å²) in [5.74, 6) is 0.189. The number of nitro benzene ring substituents is 1. The molecule has 26 heavy (non-hydrogen) atoms. The van der Waals surface area contributed by atoms with Crippen molar-refractivity contribution in [3.05, 3.63) is 33.9 Å². The molecule has 2 rings (SSSR count). The first-order chi connectivity index (χ1) is 12.6. The zero-order chi connectivity index (χ0) is 18.9. The third kappa shape index (κ3) is 5.42. The summed E-state index contributed by atoms with van der Waals surface area (Å²) in [4.78, 5) is 25.5. The van der Waals surface area contributed by atoms with Crippen molar-refractivity contribution in [2.45, 2.75) is 39.5 Å². The van der Waals surface area contributed by atoms with Gasteiger partial charge < -0.3 is 15.0 Å². The van der Waals surface area contributed by atoms with Gasteiger partial charge in [0.2, 0.25) is 0 Å². The Labute approximate surface area is 154 Å². The van der Waals surface area contributed by atoms with Crippen LogP contribution in [-0.4, -0.2) is 43.7 Å². The van der Waals surface area contributed by atoms with Gasteiger partial charge in [-0.25, -0.2) is 0 Å². The molecule has 7 heteroatoms. The molecule has 1 heterocycles. The highest BCUT2D eigenvalue weighted by Crippen LogP contribution is 2.26. The minimum Gasteiger partial charge on any atom is -0.378 e. The van der Waals surface area contributed by atoms with E-state index in [1.807, 2.05) is 0 Å². The van der Waals surface area contributed by atoms with Crippen LogP contribution in [0.4, 0.5) is 11.4 Å². The van der Waals surface area contributed by atoms with Gasteiger partial charge in [0.25, 0.3) is 11.6 Å². The predicted octanol–water partition coefficient (Wildman–Crippen LogP) is 3.38. The Balaban J connectivity index is 2.16. The van der Waals surface area contributed by atoms with Crippen molar-refractivity contribution in [2.75, 3.05) is 37.7 Å². The first-order valence-electron chi connectivity index (χ1n) is 9.46. The molecule has 0 bridgehead atoms. The van der Waals surface area contributed by atoms with Gasteiger partial charge in [-0.3, -0.25) is 14.9 Å². The zero-order valence-electron chi connectivity index (χ0n) is 15.7. The molecule has 1 aromatic carbocycles. The van der Waals surface area contributed by atoms with Gasteiger partial charge in [-0.05, 0) is 18.4 Å². The maximum absolute atomic E-state index is 12.8. The Bertz CT molecular complexity index is 615. The third-order valence-corrected chi connectivity index (χ3v) is 4.88. The highest BCUT2D eigenvalue weighted by Gasteiger charge is 2.22. The summed E-state index contributed by atoms with van der Waals surface area (Å²) in [6.45, 7) is 7.40. The number of benzene rings is 1. The zero-order valence-corrected chi connectivity index (χ0v) is 15.7. The van der Waals surface area contributed by atoms with E-state index in [1.165, 1.54) is 12.1 Å². The molecule has 1 unspecified atom stereocenters. The molecule has 1 aromatic rings. The Morgan fingerprint density at radius 1 is 1.35 bits per heavy atom. The monoisotopic (exact) mass is 363 g/mol. The van der Waals surface area contributed by atoms with Crippen LogP contribution in [0.15, 0.2) is 18.2 Å². The van der Waals surface area contributed by atoms with E-state index in [-0.39, 0.29) is 11.6 Å². The van der Waals surface area contributed by atoms with Gasteiger partial charge in [0.15, 0.2) is 0 Å². The van der Waals surface area contributed by atoms with Crippen LogP contribution in [0.5, 0.6) is 0 Å². The molecule has 1 N–H and O–H groups in total. The quantitative estimate of drug-likeness (QED) is 0.537. The maximum atomic E-state index is 12.8. The number of unbranched alkanes of at least 4 members (excludes halogenated alkanes) is 1. The fraction of sp³-hybridized carbons (Fsp3) is 0.632. The second-order valence-corrected chi connectivity index (χ2v) is 6.68. The molecule has 1 aliphatic heterocycles. The Morgan fingerprint density at radius 2 is 2.08 bits per heavy atom. The summed E-state index contributed by atoms with van der Waals surface area (Å²) in [7, 11) is 0. The lowest BCUT2D eigenvalue weighted by atomic mass is 9.99. The van der Waals surface area contributed by atoms with Crippen LogP contribution in [0.1, 0.15) is 49.9 Å². The Kier molecular flexibility index (Phi) is 7.84. The lowest BCUT2D eigenvalue weighted by Crippen LogP contribution is -2.38. The number of amides is 1. The summed E-state index contributed by atoms with van der Waals surface area (Å²) < 4.78 is 5.36. The fourth-order valence-electron chi connectivity index (χ4n) is 3.18. The number of morpholine rings is 1. The molecular formula is C19H29N3O4. The summed E-state index contributed by atoms with van der Waals surface area (Å²) in [5.41, 5.74) is 1.04. The van der Waals surface area contributed by atoms with Crippen LogP contribution in [-0.2, 0) is 4.74 Å². The van der Waals surface area contributed by atoms with Gasteiger partial charge in [0, 0.05) is 31.8 Å². The number of nitrogens with one attached hydrogen (secondary N) is 1. The van der Waals surface area contributed by atoms with Crippen molar-refractivity contribution in [2.24, 2.45) is 5.92 Å². The van der Waals surface area contributed by atoms with E-state index in [1.54, 1.807) is 6.07 Å². The lowest BCUT2D eigenvalue weighted by molar-refractivity contribution is -0.384. The van der Waals surface area contributed by atoms with Gasteiger partial charge in [0.05, 0.1) is 29.4 Å². The van der Waals surface area contributed by atoms with Crippen molar-refractivity contribution in [1.29, 1.82) is 0 Å². The minimum absolute atomic E-state index is 0.0646. The second-order valence-electron chi connectivity index (χ2n) is 6.68. The predicted molar refractivity (Wildman–Crippen MR) is 102 cm³/mol. The molecule has 0 radical (unpaired) electrons. The molecule has 1 saturated heterocycles. The highest BCUT2D eigenvalue weighted by atomic mass is 16.6. The van der Waals surface area contributed by atoms with Crippen molar-refractivity contribution in [3.8, 4) is 0 Å². The molecule has 0 saturated carbocycles. The number of ether oxygens (including phenoxy) is 1. The average Bonchev–Trinajstić information content (AvgIpc) is 2.68. The number of nitrogens with zero attached hydrogens (tertiary/aromatic N) is 2. The van der Waals surface area contributed by atoms with Crippen LogP contribution in [0.2, 0.25) is 0 Å². The van der Waals surface area contributed by atoms with E-state index in [0.29, 0.717) is 44.3 Å². The molecule has 144 valence electrons. The van der Waals surface area contributed by atoms with Crippen LogP contribution in [0.3, 0.4) is 0 Å². The lowest BCUT2D eigenvalue weighted by Gasteiger charge is -2.30. The number of hydrogen-bond acceptors (Lipinski definition) is 5. The molecule has 1 atom stereocenters. The van der Waals surface area contributed by atoms with Crippen LogP contribution in [0, 0.1) is 16.0 Å². The maximum Gasteiger partial charge on any atom is 0.270 e. The fourth-order valence-corrected chi connectivity index (χ4v) is 3.18. The molecule has 7 nitrogen and oxygen atoms in total. The van der Waals surface area contributed by atoms with Crippen molar-refractivity contribution in [3.63, 3.8) is 0 Å². The molecule has 1 aliphatic rings. The van der Waals surface area contributed by atoms with Gasteiger partial charge in [0.1, 0.15) is 0 Å². The summed E-state index contributed by atoms with van der Waals surface area (Å²) in [6.07, 6.45) is 4.37. The SMILES string of the molecule is CCCCC(CC)CNC(=O)c1cc([N+](=O)[O-])ccc1N1CCOCC1. The van der Waals surface area contributed by atoms with Crippen molar-refractivity contribution >= 4 is 17.3 Å². The third-order valence-electron chi connectivity index (χ3n) is 4.88. The normalized spacial score (nSPS) is 15.5. The first kappa shape index (κ1) is 20.2. The van der Waals surface area contributed by atoms with Gasteiger partial charge >= 0.3 is 0 Å². The largest absolute Gasteiger partial charge is 0.378 e. The first-order valence-corrected chi connectivity index (χ1v) is 9.46. The van der Waals surface area contributed by atoms with Gasteiger partial charge in [-0.15, -0.1) is 0 Å². The number of hydrogen-bond donors (Lipinski definition) is 1. The standard InChI is InChI=1S/C19H29N3O4/c1-3-5-6-15(4-2)14-20-19(23)17-13-16(22(24)25)7-8-18(17)21-9-11-26-12-10-21/h7-8,13,15H,3-6,9-12,14H2,1-2H3,(H,20,23). The van der Waals surface area contributed by atoms with Crippen LogP contribution >= 0.6 is 0 Å². The number of carbonyl (C=O) groups excluding carboxylic acids is 1. The number of anilines is 1. The number of nitro groups is 1. The summed E-state index contributed by atoms with van der Waals surface area (Å²) in [5, 5.41) is 14.1. The molecule has 0 aromatic heterocycles. The minimum atomic E-state index is -0.462. The average molecular weight is 363 g/mol. The molecule has 0 aliphatic carbocycles. The molecule has 1 fully saturated rings. The van der Waals surface area contributed by atoms with Gasteiger partial charge in [-0.1, -0.05) is 33.1 Å². The summed E-state index contributed by atoms with van der Waals surface area (Å²) >= 11 is 0. The second kappa shape index (κ2) is 10.1. The number of carbonyl (C=O) groups is 1. The molecular weight excluding hydrogens is 334 g/mol. The van der Waals surface area contributed by atoms with E-state index in [4.69, 9.17) is 4.74 Å². The van der Waals surface area contributed by atoms with E-state index < -0.39 is 4.92 Å². The number of rotatable bonds is 9.